The third-order valence-electron chi connectivity index (χ3n) is 3.71. The Labute approximate surface area is 113 Å². The molecule has 1 aliphatic rings. The van der Waals surface area contributed by atoms with Crippen molar-refractivity contribution in [2.75, 3.05) is 13.1 Å². The molecule has 0 radical (unpaired) electrons. The summed E-state index contributed by atoms with van der Waals surface area (Å²) in [7, 11) is -4.08. The first-order valence-corrected chi connectivity index (χ1v) is 7.92. The minimum atomic E-state index is -4.08. The minimum Gasteiger partial charge on any atom is -0.480 e. The van der Waals surface area contributed by atoms with Gasteiger partial charge in [0.1, 0.15) is 5.25 Å². The molecule has 19 heavy (non-hydrogen) atoms. The van der Waals surface area contributed by atoms with E-state index in [1.54, 1.807) is 0 Å². The molecule has 0 saturated carbocycles. The summed E-state index contributed by atoms with van der Waals surface area (Å²) in [6, 6.07) is 0. The van der Waals surface area contributed by atoms with E-state index in [2.05, 4.69) is 0 Å². The second-order valence-electron chi connectivity index (χ2n) is 5.39. The maximum atomic E-state index is 12.2. The van der Waals surface area contributed by atoms with Crippen LogP contribution in [0, 0.1) is 0 Å². The third-order valence-corrected chi connectivity index (χ3v) is 6.44. The number of hydrogen-bond donors (Lipinski definition) is 1. The maximum absolute atomic E-state index is 12.2. The molecule has 0 spiro atoms. The van der Waals surface area contributed by atoms with Gasteiger partial charge in [0.25, 0.3) is 0 Å². The second kappa shape index (κ2) is 5.48. The molecule has 1 amide bonds. The van der Waals surface area contributed by atoms with Crippen molar-refractivity contribution in [3.8, 4) is 0 Å². The highest BCUT2D eigenvalue weighted by molar-refractivity contribution is 7.94. The van der Waals surface area contributed by atoms with Gasteiger partial charge >= 0.3 is 5.97 Å². The van der Waals surface area contributed by atoms with Crippen molar-refractivity contribution < 1.29 is 23.1 Å². The van der Waals surface area contributed by atoms with Gasteiger partial charge in [-0.3, -0.25) is 9.59 Å². The molecule has 6 nitrogen and oxygen atoms in total. The number of carboxylic acid groups (broad SMARTS) is 1. The van der Waals surface area contributed by atoms with Crippen molar-refractivity contribution >= 4 is 21.7 Å². The molecular formula is C12H21NO5S. The zero-order valence-corrected chi connectivity index (χ0v) is 12.4. The summed E-state index contributed by atoms with van der Waals surface area (Å²) >= 11 is 0. The molecule has 1 heterocycles. The molecule has 1 N–H and O–H groups in total. The van der Waals surface area contributed by atoms with Crippen LogP contribution in [0.1, 0.15) is 40.0 Å². The van der Waals surface area contributed by atoms with Gasteiger partial charge in [-0.15, -0.1) is 0 Å². The van der Waals surface area contributed by atoms with Gasteiger partial charge in [-0.2, -0.15) is 0 Å². The standard InChI is InChI=1S/C12H21NO5S/c1-9(10(14)13-7-5-4-6-8-13)19(17,18)12(2,3)11(15)16/h9H,4-8H2,1-3H3,(H,15,16). The summed E-state index contributed by atoms with van der Waals surface area (Å²) < 4.78 is 22.5. The first kappa shape index (κ1) is 15.9. The zero-order chi connectivity index (χ0) is 14.8. The van der Waals surface area contributed by atoms with E-state index >= 15 is 0 Å². The quantitative estimate of drug-likeness (QED) is 0.821. The van der Waals surface area contributed by atoms with Crippen LogP contribution in [-0.2, 0) is 19.4 Å². The van der Waals surface area contributed by atoms with Crippen LogP contribution in [0.4, 0.5) is 0 Å². The van der Waals surface area contributed by atoms with Gasteiger partial charge in [-0.1, -0.05) is 0 Å². The van der Waals surface area contributed by atoms with Crippen LogP contribution in [0.2, 0.25) is 0 Å². The van der Waals surface area contributed by atoms with Crippen molar-refractivity contribution in [2.24, 2.45) is 0 Å². The molecule has 1 fully saturated rings. The van der Waals surface area contributed by atoms with E-state index in [0.717, 1.165) is 33.1 Å². The molecule has 1 rings (SSSR count). The Morgan fingerprint density at radius 2 is 1.63 bits per heavy atom. The van der Waals surface area contributed by atoms with Crippen LogP contribution in [0.5, 0.6) is 0 Å². The number of nitrogens with zero attached hydrogens (tertiary/aromatic N) is 1. The zero-order valence-electron chi connectivity index (χ0n) is 11.5. The Kier molecular flexibility index (Phi) is 4.60. The largest absolute Gasteiger partial charge is 0.480 e. The highest BCUT2D eigenvalue weighted by Gasteiger charge is 2.48. The van der Waals surface area contributed by atoms with Crippen molar-refractivity contribution in [3.05, 3.63) is 0 Å². The van der Waals surface area contributed by atoms with E-state index < -0.39 is 31.7 Å². The molecule has 0 aliphatic carbocycles. The van der Waals surface area contributed by atoms with E-state index in [0.29, 0.717) is 13.1 Å². The summed E-state index contributed by atoms with van der Waals surface area (Å²) in [5, 5.41) is 7.69. The van der Waals surface area contributed by atoms with E-state index in [1.165, 1.54) is 11.8 Å². The number of hydrogen-bond acceptors (Lipinski definition) is 4. The SMILES string of the molecule is CC(C(=O)N1CCCCC1)S(=O)(=O)C(C)(C)C(=O)O. The summed E-state index contributed by atoms with van der Waals surface area (Å²) in [5.74, 6) is -1.93. The molecule has 1 aliphatic heterocycles. The Bertz CT molecular complexity index is 463. The van der Waals surface area contributed by atoms with E-state index in [1.807, 2.05) is 0 Å². The topological polar surface area (TPSA) is 91.8 Å². The number of aliphatic carboxylic acids is 1. The Morgan fingerprint density at radius 1 is 1.16 bits per heavy atom. The van der Waals surface area contributed by atoms with Crippen LogP contribution in [-0.4, -0.2) is 53.4 Å². The van der Waals surface area contributed by atoms with E-state index in [4.69, 9.17) is 5.11 Å². The van der Waals surface area contributed by atoms with Crippen molar-refractivity contribution in [1.29, 1.82) is 0 Å². The monoisotopic (exact) mass is 291 g/mol. The predicted molar refractivity (Wildman–Crippen MR) is 70.5 cm³/mol. The average Bonchev–Trinajstić information content (AvgIpc) is 2.37. The number of carbonyl (C=O) groups excluding carboxylic acids is 1. The average molecular weight is 291 g/mol. The highest BCUT2D eigenvalue weighted by atomic mass is 32.2. The van der Waals surface area contributed by atoms with Crippen LogP contribution in [0.3, 0.4) is 0 Å². The molecule has 1 unspecified atom stereocenters. The lowest BCUT2D eigenvalue weighted by Crippen LogP contribution is -2.51. The van der Waals surface area contributed by atoms with Gasteiger partial charge in [-0.05, 0) is 40.0 Å². The summed E-state index contributed by atoms with van der Waals surface area (Å²) in [4.78, 5) is 24.8. The fourth-order valence-corrected chi connectivity index (χ4v) is 3.61. The highest BCUT2D eigenvalue weighted by Crippen LogP contribution is 2.24. The molecule has 1 atom stereocenters. The van der Waals surface area contributed by atoms with E-state index in [-0.39, 0.29) is 0 Å². The van der Waals surface area contributed by atoms with Gasteiger partial charge in [0.2, 0.25) is 5.91 Å². The lowest BCUT2D eigenvalue weighted by Gasteiger charge is -2.31. The van der Waals surface area contributed by atoms with Crippen LogP contribution >= 0.6 is 0 Å². The second-order valence-corrected chi connectivity index (χ2v) is 8.21. The normalized spacial score (nSPS) is 19.0. The predicted octanol–water partition coefficient (Wildman–Crippen LogP) is 0.665. The molecule has 0 aromatic heterocycles. The fraction of sp³-hybridized carbons (Fsp3) is 0.833. The third kappa shape index (κ3) is 2.91. The Morgan fingerprint density at radius 3 is 2.05 bits per heavy atom. The molecule has 110 valence electrons. The number of carbonyl (C=O) groups is 2. The number of carboxylic acids is 1. The molecule has 0 aromatic rings. The van der Waals surface area contributed by atoms with Crippen LogP contribution in [0.25, 0.3) is 0 Å². The van der Waals surface area contributed by atoms with Gasteiger partial charge in [0.05, 0.1) is 0 Å². The van der Waals surface area contributed by atoms with Gasteiger partial charge in [0, 0.05) is 13.1 Å². The molecule has 7 heteroatoms. The Hall–Kier alpha value is -1.11. The number of rotatable bonds is 4. The molecule has 0 bridgehead atoms. The molecular weight excluding hydrogens is 270 g/mol. The first-order chi connectivity index (χ1) is 8.62. The van der Waals surface area contributed by atoms with Gasteiger partial charge in [0.15, 0.2) is 14.6 Å². The van der Waals surface area contributed by atoms with Crippen molar-refractivity contribution in [1.82, 2.24) is 4.90 Å². The molecule has 1 saturated heterocycles. The maximum Gasteiger partial charge on any atom is 0.324 e. The van der Waals surface area contributed by atoms with Crippen LogP contribution < -0.4 is 0 Å². The van der Waals surface area contributed by atoms with E-state index in [9.17, 15) is 18.0 Å². The van der Waals surface area contributed by atoms with Crippen LogP contribution in [0.15, 0.2) is 0 Å². The minimum absolute atomic E-state index is 0.492. The number of amides is 1. The Balaban J connectivity index is 2.95. The first-order valence-electron chi connectivity index (χ1n) is 6.38. The number of piperidine rings is 1. The lowest BCUT2D eigenvalue weighted by atomic mass is 10.1. The molecule has 0 aromatic carbocycles. The van der Waals surface area contributed by atoms with Gasteiger partial charge in [-0.25, -0.2) is 8.42 Å². The van der Waals surface area contributed by atoms with Crippen molar-refractivity contribution in [3.63, 3.8) is 0 Å². The van der Waals surface area contributed by atoms with Crippen molar-refractivity contribution in [2.45, 2.75) is 50.0 Å². The fourth-order valence-electron chi connectivity index (χ4n) is 2.07. The number of likely N-dealkylation sites (tertiary alicyclic amines) is 1. The summed E-state index contributed by atoms with van der Waals surface area (Å²) in [5.41, 5.74) is 0. The lowest BCUT2D eigenvalue weighted by molar-refractivity contribution is -0.139. The summed E-state index contributed by atoms with van der Waals surface area (Å²) in [6.45, 7) is 4.60. The smallest absolute Gasteiger partial charge is 0.324 e. The number of sulfone groups is 1. The summed E-state index contributed by atoms with van der Waals surface area (Å²) in [6.07, 6.45) is 2.76. The van der Waals surface area contributed by atoms with Gasteiger partial charge < -0.3 is 10.0 Å².